The van der Waals surface area contributed by atoms with Crippen LogP contribution in [0.15, 0.2) is 72.8 Å². The van der Waals surface area contributed by atoms with Gasteiger partial charge in [0.05, 0.1) is 5.75 Å². The van der Waals surface area contributed by atoms with E-state index < -0.39 is 17.7 Å². The van der Waals surface area contributed by atoms with Gasteiger partial charge in [0.2, 0.25) is 11.8 Å². The Bertz CT molecular complexity index is 1180. The molecular formula is C29H31ClF2N2O2S. The van der Waals surface area contributed by atoms with Crippen molar-refractivity contribution in [2.75, 3.05) is 5.75 Å². The normalized spacial score (nSPS) is 12.6. The van der Waals surface area contributed by atoms with E-state index in [1.165, 1.54) is 34.9 Å². The van der Waals surface area contributed by atoms with Crippen molar-refractivity contribution in [3.8, 4) is 0 Å². The zero-order valence-corrected chi connectivity index (χ0v) is 22.5. The van der Waals surface area contributed by atoms with E-state index in [1.54, 1.807) is 24.3 Å². The Labute approximate surface area is 226 Å². The first-order valence-corrected chi connectivity index (χ1v) is 13.7. The fourth-order valence-corrected chi connectivity index (χ4v) is 5.05. The molecule has 3 aromatic carbocycles. The van der Waals surface area contributed by atoms with Gasteiger partial charge in [0, 0.05) is 40.9 Å². The molecule has 0 saturated heterocycles. The lowest BCUT2D eigenvalue weighted by atomic mass is 10.0. The van der Waals surface area contributed by atoms with Crippen molar-refractivity contribution in [3.63, 3.8) is 0 Å². The largest absolute Gasteiger partial charge is 0.352 e. The average molecular weight is 545 g/mol. The molecule has 0 aliphatic rings. The zero-order valence-electron chi connectivity index (χ0n) is 20.9. The second-order valence-corrected chi connectivity index (χ2v) is 10.2. The SMILES string of the molecule is CCC(C)NC(=O)C(Cc1ccccc1)N(Cc1ccccc1F)C(=O)CSCc1c(F)cccc1Cl. The number of hydrogen-bond donors (Lipinski definition) is 1. The molecule has 0 saturated carbocycles. The van der Waals surface area contributed by atoms with Gasteiger partial charge in [-0.25, -0.2) is 8.78 Å². The van der Waals surface area contributed by atoms with Crippen LogP contribution in [0.2, 0.25) is 5.02 Å². The molecule has 0 fully saturated rings. The van der Waals surface area contributed by atoms with E-state index in [2.05, 4.69) is 5.32 Å². The lowest BCUT2D eigenvalue weighted by molar-refractivity contribution is -0.139. The molecule has 3 rings (SSSR count). The molecule has 2 amide bonds. The number of thioether (sulfide) groups is 1. The minimum atomic E-state index is -0.860. The molecule has 0 heterocycles. The first-order chi connectivity index (χ1) is 17.8. The molecule has 3 aromatic rings. The number of carbonyl (C=O) groups excluding carboxylic acids is 2. The molecule has 0 aromatic heterocycles. The summed E-state index contributed by atoms with van der Waals surface area (Å²) in [6.45, 7) is 3.79. The first kappa shape index (κ1) is 28.7. The lowest BCUT2D eigenvalue weighted by Crippen LogP contribution is -2.52. The minimum absolute atomic E-state index is 0.0268. The highest BCUT2D eigenvalue weighted by molar-refractivity contribution is 7.99. The molecule has 196 valence electrons. The third-order valence-corrected chi connectivity index (χ3v) is 7.40. The Morgan fingerprint density at radius 1 is 0.973 bits per heavy atom. The monoisotopic (exact) mass is 544 g/mol. The maximum atomic E-state index is 14.6. The van der Waals surface area contributed by atoms with E-state index in [-0.39, 0.29) is 47.4 Å². The predicted molar refractivity (Wildman–Crippen MR) is 146 cm³/mol. The second kappa shape index (κ2) is 14.1. The fraction of sp³-hybridized carbons (Fsp3) is 0.310. The molecule has 0 radical (unpaired) electrons. The lowest BCUT2D eigenvalue weighted by Gasteiger charge is -2.32. The Kier molecular flexibility index (Phi) is 11.0. The van der Waals surface area contributed by atoms with E-state index in [1.807, 2.05) is 44.2 Å². The summed E-state index contributed by atoms with van der Waals surface area (Å²) in [7, 11) is 0. The molecule has 0 spiro atoms. The summed E-state index contributed by atoms with van der Waals surface area (Å²) in [6, 6.07) is 19.1. The van der Waals surface area contributed by atoms with Crippen molar-refractivity contribution in [2.45, 2.75) is 51.1 Å². The van der Waals surface area contributed by atoms with E-state index >= 15 is 0 Å². The van der Waals surface area contributed by atoms with Crippen molar-refractivity contribution in [2.24, 2.45) is 0 Å². The van der Waals surface area contributed by atoms with Crippen LogP contribution in [0.5, 0.6) is 0 Å². The van der Waals surface area contributed by atoms with Gasteiger partial charge in [-0.15, -0.1) is 11.8 Å². The number of rotatable bonds is 12. The van der Waals surface area contributed by atoms with Crippen LogP contribution in [0.1, 0.15) is 37.0 Å². The number of hydrogen-bond acceptors (Lipinski definition) is 3. The Morgan fingerprint density at radius 3 is 2.32 bits per heavy atom. The van der Waals surface area contributed by atoms with Crippen LogP contribution in [0.25, 0.3) is 0 Å². The van der Waals surface area contributed by atoms with Crippen LogP contribution in [0.3, 0.4) is 0 Å². The zero-order chi connectivity index (χ0) is 26.8. The first-order valence-electron chi connectivity index (χ1n) is 12.2. The average Bonchev–Trinajstić information content (AvgIpc) is 2.89. The number of nitrogens with zero attached hydrogens (tertiary/aromatic N) is 1. The van der Waals surface area contributed by atoms with Crippen LogP contribution in [-0.2, 0) is 28.3 Å². The van der Waals surface area contributed by atoms with E-state index in [4.69, 9.17) is 11.6 Å². The van der Waals surface area contributed by atoms with Gasteiger partial charge in [-0.1, -0.05) is 73.1 Å². The molecule has 0 bridgehead atoms. The third kappa shape index (κ3) is 8.30. The highest BCUT2D eigenvalue weighted by atomic mass is 35.5. The predicted octanol–water partition coefficient (Wildman–Crippen LogP) is 6.41. The maximum Gasteiger partial charge on any atom is 0.243 e. The summed E-state index contributed by atoms with van der Waals surface area (Å²) in [4.78, 5) is 28.5. The molecular weight excluding hydrogens is 514 g/mol. The smallest absolute Gasteiger partial charge is 0.243 e. The van der Waals surface area contributed by atoms with Crippen molar-refractivity contribution in [3.05, 3.63) is 106 Å². The Morgan fingerprint density at radius 2 is 1.65 bits per heavy atom. The van der Waals surface area contributed by atoms with Crippen LogP contribution >= 0.6 is 23.4 Å². The third-order valence-electron chi connectivity index (χ3n) is 6.10. The van der Waals surface area contributed by atoms with Crippen molar-refractivity contribution < 1.29 is 18.4 Å². The molecule has 4 nitrogen and oxygen atoms in total. The highest BCUT2D eigenvalue weighted by Gasteiger charge is 2.31. The van der Waals surface area contributed by atoms with Crippen LogP contribution in [0, 0.1) is 11.6 Å². The molecule has 1 N–H and O–H groups in total. The summed E-state index contributed by atoms with van der Waals surface area (Å²) in [6.07, 6.45) is 0.997. The summed E-state index contributed by atoms with van der Waals surface area (Å²) in [5.74, 6) is -1.38. The number of benzene rings is 3. The van der Waals surface area contributed by atoms with Gasteiger partial charge in [-0.2, -0.15) is 0 Å². The second-order valence-electron chi connectivity index (χ2n) is 8.83. The summed E-state index contributed by atoms with van der Waals surface area (Å²) < 4.78 is 28.8. The van der Waals surface area contributed by atoms with Gasteiger partial charge in [-0.3, -0.25) is 9.59 Å². The van der Waals surface area contributed by atoms with Crippen molar-refractivity contribution in [1.82, 2.24) is 10.2 Å². The van der Waals surface area contributed by atoms with Crippen molar-refractivity contribution in [1.29, 1.82) is 0 Å². The Hall–Kier alpha value is -2.90. The van der Waals surface area contributed by atoms with Gasteiger partial charge in [0.15, 0.2) is 0 Å². The highest BCUT2D eigenvalue weighted by Crippen LogP contribution is 2.25. The molecule has 37 heavy (non-hydrogen) atoms. The van der Waals surface area contributed by atoms with Gasteiger partial charge < -0.3 is 10.2 Å². The standard InChI is InChI=1S/C29H31ClF2N2O2S/c1-3-20(2)33-29(36)27(16-21-10-5-4-6-11-21)34(17-22-12-7-8-14-25(22)31)28(35)19-37-18-23-24(30)13-9-15-26(23)32/h4-15,20,27H,3,16-19H2,1-2H3,(H,33,36). The number of nitrogens with one attached hydrogen (secondary N) is 1. The molecule has 0 aliphatic heterocycles. The summed E-state index contributed by atoms with van der Waals surface area (Å²) >= 11 is 7.33. The number of amides is 2. The molecule has 8 heteroatoms. The number of carbonyl (C=O) groups is 2. The maximum absolute atomic E-state index is 14.6. The van der Waals surface area contributed by atoms with Crippen LogP contribution in [-0.4, -0.2) is 34.6 Å². The van der Waals surface area contributed by atoms with Crippen molar-refractivity contribution >= 4 is 35.2 Å². The quantitative estimate of drug-likeness (QED) is 0.287. The Balaban J connectivity index is 1.89. The van der Waals surface area contributed by atoms with Crippen LogP contribution in [0.4, 0.5) is 8.78 Å². The topological polar surface area (TPSA) is 49.4 Å². The van der Waals surface area contributed by atoms with E-state index in [9.17, 15) is 18.4 Å². The number of halogens is 3. The van der Waals surface area contributed by atoms with E-state index in [0.29, 0.717) is 11.1 Å². The molecule has 2 atom stereocenters. The van der Waals surface area contributed by atoms with Gasteiger partial charge >= 0.3 is 0 Å². The fourth-order valence-electron chi connectivity index (χ4n) is 3.80. The molecule has 2 unspecified atom stereocenters. The van der Waals surface area contributed by atoms with Gasteiger partial charge in [0.1, 0.15) is 17.7 Å². The summed E-state index contributed by atoms with van der Waals surface area (Å²) in [5.41, 5.74) is 1.51. The van der Waals surface area contributed by atoms with Gasteiger partial charge in [0.25, 0.3) is 0 Å². The van der Waals surface area contributed by atoms with Gasteiger partial charge in [-0.05, 0) is 37.1 Å². The minimum Gasteiger partial charge on any atom is -0.352 e. The molecule has 0 aliphatic carbocycles. The van der Waals surface area contributed by atoms with E-state index in [0.717, 1.165) is 12.0 Å². The van der Waals surface area contributed by atoms with Crippen LogP contribution < -0.4 is 5.32 Å². The summed E-state index contributed by atoms with van der Waals surface area (Å²) in [5, 5.41) is 3.27.